The van der Waals surface area contributed by atoms with E-state index in [1.807, 2.05) is 19.9 Å². The van der Waals surface area contributed by atoms with Crippen LogP contribution in [0.3, 0.4) is 0 Å². The van der Waals surface area contributed by atoms with Crippen molar-refractivity contribution in [2.24, 2.45) is 16.8 Å². The lowest BCUT2D eigenvalue weighted by molar-refractivity contribution is 0.0757. The Labute approximate surface area is 196 Å². The molecule has 1 aliphatic carbocycles. The molecule has 2 saturated heterocycles. The van der Waals surface area contributed by atoms with Gasteiger partial charge in [-0.3, -0.25) is 9.89 Å². The van der Waals surface area contributed by atoms with Crippen molar-refractivity contribution in [3.63, 3.8) is 0 Å². The van der Waals surface area contributed by atoms with E-state index in [1.54, 1.807) is 30.1 Å². The van der Waals surface area contributed by atoms with E-state index in [-0.39, 0.29) is 12.1 Å². The number of rotatable bonds is 5. The lowest BCUT2D eigenvalue weighted by atomic mass is 9.85. The third-order valence-corrected chi connectivity index (χ3v) is 8.06. The number of hydrogen-bond donors (Lipinski definition) is 1. The number of nitrogens with zero attached hydrogens (tertiary/aromatic N) is 6. The van der Waals surface area contributed by atoms with Gasteiger partial charge in [-0.05, 0) is 56.2 Å². The molecule has 2 fully saturated rings. The zero-order valence-electron chi connectivity index (χ0n) is 18.7. The van der Waals surface area contributed by atoms with Gasteiger partial charge in [0.2, 0.25) is 0 Å². The molecule has 3 aliphatic rings. The van der Waals surface area contributed by atoms with Crippen molar-refractivity contribution in [3.8, 4) is 6.07 Å². The van der Waals surface area contributed by atoms with E-state index in [9.17, 15) is 0 Å². The standard InChI is InChI=1S/C24H25N7OS/c1-3-26-17-9-27-19(6-13(17)2)30-22-20-16-5-4-15(7-18(16)33-23(20)29-12-28-22)21-24(32-21)31-10-14(8-25)11-31/h3,6,9,12,14-15,21,24H,4-5,7,10-11H2,1-2H3,(H,27,28,29,30). The number of thiophene rings is 1. The maximum Gasteiger partial charge on any atom is 0.144 e. The molecule has 3 aromatic rings. The SMILES string of the molecule is CC=Nc1cnc(Nc2ncnc3sc4c(c23)CCC(C2OC2N2CC(C#N)C2)C4)cc1C. The largest absolute Gasteiger partial charge is 0.353 e. The molecule has 0 spiro atoms. The van der Waals surface area contributed by atoms with Crippen molar-refractivity contribution in [3.05, 3.63) is 34.6 Å². The molecule has 0 radical (unpaired) electrons. The fourth-order valence-electron chi connectivity index (χ4n) is 5.08. The van der Waals surface area contributed by atoms with E-state index in [0.29, 0.717) is 12.0 Å². The van der Waals surface area contributed by atoms with Crippen molar-refractivity contribution in [1.82, 2.24) is 19.9 Å². The number of epoxide rings is 1. The molecule has 168 valence electrons. The van der Waals surface area contributed by atoms with Gasteiger partial charge in [0.05, 0.1) is 29.3 Å². The summed E-state index contributed by atoms with van der Waals surface area (Å²) >= 11 is 1.78. The second-order valence-electron chi connectivity index (χ2n) is 9.05. The Kier molecular flexibility index (Phi) is 5.09. The molecule has 5 heterocycles. The van der Waals surface area contributed by atoms with Crippen LogP contribution in [0.5, 0.6) is 0 Å². The Morgan fingerprint density at radius 2 is 2.21 bits per heavy atom. The molecule has 9 heteroatoms. The first-order chi connectivity index (χ1) is 16.1. The monoisotopic (exact) mass is 459 g/mol. The van der Waals surface area contributed by atoms with Crippen LogP contribution in [0.4, 0.5) is 17.3 Å². The third kappa shape index (κ3) is 3.68. The summed E-state index contributed by atoms with van der Waals surface area (Å²) in [7, 11) is 0. The van der Waals surface area contributed by atoms with Gasteiger partial charge in [0.15, 0.2) is 0 Å². The van der Waals surface area contributed by atoms with Gasteiger partial charge < -0.3 is 10.1 Å². The smallest absolute Gasteiger partial charge is 0.144 e. The second-order valence-corrected chi connectivity index (χ2v) is 10.1. The van der Waals surface area contributed by atoms with Crippen LogP contribution >= 0.6 is 11.3 Å². The molecule has 0 amide bonds. The Balaban J connectivity index is 1.21. The number of ether oxygens (including phenoxy) is 1. The number of aliphatic imine (C=N–C) groups is 1. The summed E-state index contributed by atoms with van der Waals surface area (Å²) < 4.78 is 6.05. The maximum absolute atomic E-state index is 9.02. The van der Waals surface area contributed by atoms with Crippen LogP contribution in [0.1, 0.15) is 29.3 Å². The van der Waals surface area contributed by atoms with E-state index < -0.39 is 0 Å². The van der Waals surface area contributed by atoms with Crippen LogP contribution in [0.2, 0.25) is 0 Å². The Morgan fingerprint density at radius 3 is 3.00 bits per heavy atom. The minimum atomic E-state index is 0.175. The van der Waals surface area contributed by atoms with Crippen LogP contribution in [-0.4, -0.2) is 51.5 Å². The van der Waals surface area contributed by atoms with Gasteiger partial charge in [0.25, 0.3) is 0 Å². The summed E-state index contributed by atoms with van der Waals surface area (Å²) in [6, 6.07) is 4.35. The summed E-state index contributed by atoms with van der Waals surface area (Å²) in [5, 5.41) is 13.6. The summed E-state index contributed by atoms with van der Waals surface area (Å²) in [5.74, 6) is 2.28. The number of aromatic nitrogens is 3. The van der Waals surface area contributed by atoms with Gasteiger partial charge in [-0.15, -0.1) is 11.3 Å². The lowest BCUT2D eigenvalue weighted by Crippen LogP contribution is -2.48. The number of nitriles is 1. The van der Waals surface area contributed by atoms with E-state index in [1.165, 1.54) is 10.4 Å². The van der Waals surface area contributed by atoms with Gasteiger partial charge in [0.1, 0.15) is 35.1 Å². The maximum atomic E-state index is 9.02. The van der Waals surface area contributed by atoms with Crippen molar-refractivity contribution in [2.75, 3.05) is 18.4 Å². The second kappa shape index (κ2) is 8.13. The van der Waals surface area contributed by atoms with Crippen LogP contribution in [0, 0.1) is 30.1 Å². The highest BCUT2D eigenvalue weighted by molar-refractivity contribution is 7.19. The Morgan fingerprint density at radius 1 is 1.33 bits per heavy atom. The van der Waals surface area contributed by atoms with Crippen LogP contribution in [-0.2, 0) is 17.6 Å². The van der Waals surface area contributed by atoms with E-state index in [4.69, 9.17) is 10.00 Å². The number of fused-ring (bicyclic) bond motifs is 3. The molecule has 3 unspecified atom stereocenters. The van der Waals surface area contributed by atoms with Gasteiger partial charge >= 0.3 is 0 Å². The normalized spacial score (nSPS) is 25.1. The molecular formula is C24H25N7OS. The van der Waals surface area contributed by atoms with Crippen LogP contribution in [0.25, 0.3) is 10.2 Å². The summed E-state index contributed by atoms with van der Waals surface area (Å²) in [4.78, 5) is 22.7. The molecule has 0 saturated carbocycles. The lowest BCUT2D eigenvalue weighted by Gasteiger charge is -2.34. The predicted octanol–water partition coefficient (Wildman–Crippen LogP) is 4.15. The predicted molar refractivity (Wildman–Crippen MR) is 128 cm³/mol. The number of pyridine rings is 1. The molecule has 3 aromatic heterocycles. The quantitative estimate of drug-likeness (QED) is 0.452. The van der Waals surface area contributed by atoms with Gasteiger partial charge in [-0.1, -0.05) is 0 Å². The molecule has 6 rings (SSSR count). The average molecular weight is 460 g/mol. The van der Waals surface area contributed by atoms with Crippen LogP contribution < -0.4 is 5.32 Å². The summed E-state index contributed by atoms with van der Waals surface area (Å²) in [5.41, 5.74) is 3.30. The molecule has 0 aromatic carbocycles. The molecule has 33 heavy (non-hydrogen) atoms. The fraction of sp³-hybridized carbons (Fsp3) is 0.458. The number of nitrogens with one attached hydrogen (secondary N) is 1. The number of hydrogen-bond acceptors (Lipinski definition) is 9. The van der Waals surface area contributed by atoms with Gasteiger partial charge in [-0.2, -0.15) is 5.26 Å². The molecule has 8 nitrogen and oxygen atoms in total. The van der Waals surface area contributed by atoms with Crippen molar-refractivity contribution >= 4 is 45.1 Å². The minimum absolute atomic E-state index is 0.175. The third-order valence-electron chi connectivity index (χ3n) is 6.90. The summed E-state index contributed by atoms with van der Waals surface area (Å²) in [6.07, 6.45) is 8.82. The molecule has 3 atom stereocenters. The zero-order chi connectivity index (χ0) is 22.5. The number of likely N-dealkylation sites (tertiary alicyclic amines) is 1. The summed E-state index contributed by atoms with van der Waals surface area (Å²) in [6.45, 7) is 5.63. The fourth-order valence-corrected chi connectivity index (χ4v) is 6.36. The van der Waals surface area contributed by atoms with E-state index >= 15 is 0 Å². The van der Waals surface area contributed by atoms with Crippen LogP contribution in [0.15, 0.2) is 23.6 Å². The average Bonchev–Trinajstić information content (AvgIpc) is 3.47. The first-order valence-corrected chi connectivity index (χ1v) is 12.2. The molecule has 2 aliphatic heterocycles. The van der Waals surface area contributed by atoms with E-state index in [0.717, 1.165) is 65.5 Å². The number of anilines is 2. The van der Waals surface area contributed by atoms with E-state index in [2.05, 4.69) is 36.2 Å². The number of aryl methyl sites for hydroxylation is 2. The molecule has 1 N–H and O–H groups in total. The highest BCUT2D eigenvalue weighted by Crippen LogP contribution is 2.46. The molecular weight excluding hydrogens is 434 g/mol. The Bertz CT molecular complexity index is 1290. The van der Waals surface area contributed by atoms with Crippen molar-refractivity contribution < 1.29 is 4.74 Å². The van der Waals surface area contributed by atoms with Gasteiger partial charge in [0, 0.05) is 24.2 Å². The first-order valence-electron chi connectivity index (χ1n) is 11.4. The highest BCUT2D eigenvalue weighted by atomic mass is 32.1. The Hall–Kier alpha value is -2.93. The zero-order valence-corrected chi connectivity index (χ0v) is 19.5. The highest BCUT2D eigenvalue weighted by Gasteiger charge is 2.52. The minimum Gasteiger partial charge on any atom is -0.353 e. The van der Waals surface area contributed by atoms with Crippen molar-refractivity contribution in [2.45, 2.75) is 45.4 Å². The topological polar surface area (TPSA) is 103 Å². The molecule has 0 bridgehead atoms. The van der Waals surface area contributed by atoms with Gasteiger partial charge in [-0.25, -0.2) is 15.0 Å². The van der Waals surface area contributed by atoms with Crippen molar-refractivity contribution in [1.29, 1.82) is 5.26 Å². The first kappa shape index (κ1) is 20.7.